The molecule has 1 N–H and O–H groups in total. The number of Topliss-reactive ketones (excluding diaryl/α,β-unsaturated/α-hetero) is 1. The maximum atomic E-state index is 11.2. The Labute approximate surface area is 74.7 Å². The van der Waals surface area contributed by atoms with E-state index in [1.54, 1.807) is 6.92 Å². The van der Waals surface area contributed by atoms with Crippen LogP contribution in [0.4, 0.5) is 0 Å². The Bertz CT molecular complexity index is 161. The number of carbonyl (C=O) groups is 1. The van der Waals surface area contributed by atoms with E-state index >= 15 is 0 Å². The SMILES string of the molecule is CC(=O)C(NCC(C)C)C1CC1. The molecule has 12 heavy (non-hydrogen) atoms. The van der Waals surface area contributed by atoms with Gasteiger partial charge in [-0.1, -0.05) is 13.8 Å². The molecule has 1 fully saturated rings. The minimum Gasteiger partial charge on any atom is -0.307 e. The van der Waals surface area contributed by atoms with Crippen LogP contribution in [0.5, 0.6) is 0 Å². The van der Waals surface area contributed by atoms with E-state index in [4.69, 9.17) is 0 Å². The van der Waals surface area contributed by atoms with Crippen molar-refractivity contribution in [1.29, 1.82) is 0 Å². The van der Waals surface area contributed by atoms with Crippen LogP contribution in [0.2, 0.25) is 0 Å². The minimum absolute atomic E-state index is 0.146. The van der Waals surface area contributed by atoms with E-state index in [9.17, 15) is 4.79 Å². The van der Waals surface area contributed by atoms with Gasteiger partial charge in [0.1, 0.15) is 5.78 Å². The summed E-state index contributed by atoms with van der Waals surface area (Å²) in [4.78, 5) is 11.2. The van der Waals surface area contributed by atoms with Gasteiger partial charge in [-0.05, 0) is 38.1 Å². The first kappa shape index (κ1) is 9.72. The molecule has 0 aromatic carbocycles. The second-order valence-corrected chi connectivity index (χ2v) is 4.23. The number of rotatable bonds is 5. The van der Waals surface area contributed by atoms with Crippen molar-refractivity contribution in [2.45, 2.75) is 39.7 Å². The molecule has 0 aliphatic heterocycles. The zero-order chi connectivity index (χ0) is 9.14. The molecule has 0 aromatic rings. The lowest BCUT2D eigenvalue weighted by Crippen LogP contribution is -2.39. The summed E-state index contributed by atoms with van der Waals surface area (Å²) in [6.07, 6.45) is 2.46. The van der Waals surface area contributed by atoms with E-state index in [1.165, 1.54) is 12.8 Å². The molecule has 0 aromatic heterocycles. The van der Waals surface area contributed by atoms with Crippen LogP contribution in [-0.2, 0) is 4.79 Å². The quantitative estimate of drug-likeness (QED) is 0.677. The molecule has 1 saturated carbocycles. The van der Waals surface area contributed by atoms with Gasteiger partial charge in [-0.3, -0.25) is 4.79 Å². The Morgan fingerprint density at radius 1 is 1.50 bits per heavy atom. The summed E-state index contributed by atoms with van der Waals surface area (Å²) in [5.74, 6) is 1.57. The Morgan fingerprint density at radius 3 is 2.42 bits per heavy atom. The molecule has 0 saturated heterocycles. The molecule has 1 aliphatic rings. The first-order valence-electron chi connectivity index (χ1n) is 4.85. The van der Waals surface area contributed by atoms with Crippen molar-refractivity contribution in [3.63, 3.8) is 0 Å². The molecule has 0 amide bonds. The summed E-state index contributed by atoms with van der Waals surface area (Å²) in [6, 6.07) is 0.146. The van der Waals surface area contributed by atoms with Crippen molar-refractivity contribution in [2.75, 3.05) is 6.54 Å². The molecule has 1 atom stereocenters. The lowest BCUT2D eigenvalue weighted by Gasteiger charge is -2.16. The smallest absolute Gasteiger partial charge is 0.146 e. The van der Waals surface area contributed by atoms with Gasteiger partial charge in [0, 0.05) is 0 Å². The molecule has 2 nitrogen and oxygen atoms in total. The van der Waals surface area contributed by atoms with E-state index in [2.05, 4.69) is 19.2 Å². The van der Waals surface area contributed by atoms with Crippen molar-refractivity contribution >= 4 is 5.78 Å². The third kappa shape index (κ3) is 2.94. The van der Waals surface area contributed by atoms with Crippen molar-refractivity contribution in [3.8, 4) is 0 Å². The predicted octanol–water partition coefficient (Wildman–Crippen LogP) is 1.60. The number of ketones is 1. The largest absolute Gasteiger partial charge is 0.307 e. The van der Waals surface area contributed by atoms with Gasteiger partial charge in [0.15, 0.2) is 0 Å². The molecule has 0 spiro atoms. The topological polar surface area (TPSA) is 29.1 Å². The van der Waals surface area contributed by atoms with Gasteiger partial charge < -0.3 is 5.32 Å². The van der Waals surface area contributed by atoms with E-state index in [1.807, 2.05) is 0 Å². The van der Waals surface area contributed by atoms with Gasteiger partial charge >= 0.3 is 0 Å². The number of hydrogen-bond donors (Lipinski definition) is 1. The highest BCUT2D eigenvalue weighted by molar-refractivity contribution is 5.82. The van der Waals surface area contributed by atoms with Gasteiger partial charge in [0.05, 0.1) is 6.04 Å². The summed E-state index contributed by atoms with van der Waals surface area (Å²) < 4.78 is 0. The molecule has 0 heterocycles. The zero-order valence-corrected chi connectivity index (χ0v) is 8.26. The average Bonchev–Trinajstić information content (AvgIpc) is 2.69. The first-order chi connectivity index (χ1) is 5.61. The monoisotopic (exact) mass is 169 g/mol. The zero-order valence-electron chi connectivity index (χ0n) is 8.26. The number of hydrogen-bond acceptors (Lipinski definition) is 2. The summed E-state index contributed by atoms with van der Waals surface area (Å²) in [6.45, 7) is 6.98. The number of nitrogens with one attached hydrogen (secondary N) is 1. The molecule has 0 bridgehead atoms. The molecule has 1 aliphatic carbocycles. The molecular weight excluding hydrogens is 150 g/mol. The molecule has 1 unspecified atom stereocenters. The second kappa shape index (κ2) is 4.04. The van der Waals surface area contributed by atoms with Crippen LogP contribution in [0.3, 0.4) is 0 Å². The fraction of sp³-hybridized carbons (Fsp3) is 0.900. The average molecular weight is 169 g/mol. The van der Waals surface area contributed by atoms with E-state index in [-0.39, 0.29) is 6.04 Å². The standard InChI is InChI=1S/C10H19NO/c1-7(2)6-11-10(8(3)12)9-4-5-9/h7,9-11H,4-6H2,1-3H3. The fourth-order valence-corrected chi connectivity index (χ4v) is 1.43. The van der Waals surface area contributed by atoms with Crippen molar-refractivity contribution in [1.82, 2.24) is 5.32 Å². The van der Waals surface area contributed by atoms with Crippen molar-refractivity contribution in [2.24, 2.45) is 11.8 Å². The maximum absolute atomic E-state index is 11.2. The third-order valence-electron chi connectivity index (χ3n) is 2.28. The summed E-state index contributed by atoms with van der Waals surface area (Å²) in [5.41, 5.74) is 0. The van der Waals surface area contributed by atoms with Gasteiger partial charge in [-0.25, -0.2) is 0 Å². The lowest BCUT2D eigenvalue weighted by molar-refractivity contribution is -0.119. The van der Waals surface area contributed by atoms with Crippen LogP contribution in [0.15, 0.2) is 0 Å². The van der Waals surface area contributed by atoms with Gasteiger partial charge in [-0.15, -0.1) is 0 Å². The van der Waals surface area contributed by atoms with Gasteiger partial charge in [0.25, 0.3) is 0 Å². The van der Waals surface area contributed by atoms with Crippen LogP contribution in [0.25, 0.3) is 0 Å². The highest BCUT2D eigenvalue weighted by Gasteiger charge is 2.33. The van der Waals surface area contributed by atoms with Gasteiger partial charge in [0.2, 0.25) is 0 Å². The van der Waals surface area contributed by atoms with Crippen LogP contribution < -0.4 is 5.32 Å². The molecule has 70 valence electrons. The predicted molar refractivity (Wildman–Crippen MR) is 50.0 cm³/mol. The normalized spacial score (nSPS) is 19.7. The van der Waals surface area contributed by atoms with Crippen LogP contribution in [0.1, 0.15) is 33.6 Å². The summed E-state index contributed by atoms with van der Waals surface area (Å²) in [7, 11) is 0. The fourth-order valence-electron chi connectivity index (χ4n) is 1.43. The van der Waals surface area contributed by atoms with Crippen LogP contribution >= 0.6 is 0 Å². The minimum atomic E-state index is 0.146. The molecule has 1 rings (SSSR count). The van der Waals surface area contributed by atoms with Crippen molar-refractivity contribution in [3.05, 3.63) is 0 Å². The Hall–Kier alpha value is -0.370. The Kier molecular flexibility index (Phi) is 3.27. The first-order valence-corrected chi connectivity index (χ1v) is 4.85. The van der Waals surface area contributed by atoms with E-state index in [0.29, 0.717) is 17.6 Å². The van der Waals surface area contributed by atoms with Gasteiger partial charge in [-0.2, -0.15) is 0 Å². The van der Waals surface area contributed by atoms with E-state index < -0.39 is 0 Å². The van der Waals surface area contributed by atoms with E-state index in [0.717, 1.165) is 6.54 Å². The summed E-state index contributed by atoms with van der Waals surface area (Å²) in [5, 5.41) is 3.33. The Morgan fingerprint density at radius 2 is 2.08 bits per heavy atom. The lowest BCUT2D eigenvalue weighted by atomic mass is 10.1. The highest BCUT2D eigenvalue weighted by Crippen LogP contribution is 2.32. The van der Waals surface area contributed by atoms with Crippen LogP contribution in [0, 0.1) is 11.8 Å². The number of carbonyl (C=O) groups excluding carboxylic acids is 1. The van der Waals surface area contributed by atoms with Crippen molar-refractivity contribution < 1.29 is 4.79 Å². The van der Waals surface area contributed by atoms with Crippen LogP contribution in [-0.4, -0.2) is 18.4 Å². The molecule has 0 radical (unpaired) electrons. The summed E-state index contributed by atoms with van der Waals surface area (Å²) >= 11 is 0. The highest BCUT2D eigenvalue weighted by atomic mass is 16.1. The Balaban J connectivity index is 2.28. The second-order valence-electron chi connectivity index (χ2n) is 4.23. The molecule has 2 heteroatoms. The third-order valence-corrected chi connectivity index (χ3v) is 2.28. The molecular formula is C10H19NO. The maximum Gasteiger partial charge on any atom is 0.146 e.